The molecule has 0 atom stereocenters. The average Bonchev–Trinajstić information content (AvgIpc) is 2.71. The molecule has 3 N–H and O–H groups in total. The second-order valence-corrected chi connectivity index (χ2v) is 9.45. The Labute approximate surface area is 179 Å². The van der Waals surface area contributed by atoms with Gasteiger partial charge >= 0.3 is 5.69 Å². The van der Waals surface area contributed by atoms with Crippen LogP contribution in [-0.2, 0) is 21.4 Å². The largest absolute Gasteiger partial charge is 0.383 e. The van der Waals surface area contributed by atoms with Crippen LogP contribution in [0, 0.1) is 0 Å². The monoisotopic (exact) mass is 450 g/mol. The minimum atomic E-state index is -3.30. The van der Waals surface area contributed by atoms with Crippen LogP contribution in [0.3, 0.4) is 0 Å². The van der Waals surface area contributed by atoms with Crippen molar-refractivity contribution in [1.82, 2.24) is 18.8 Å². The molecule has 1 aromatic heterocycles. The normalized spacial score (nSPS) is 15.1. The molecule has 1 aliphatic heterocycles. The van der Waals surface area contributed by atoms with Crippen LogP contribution in [0.5, 0.6) is 0 Å². The minimum Gasteiger partial charge on any atom is -0.383 e. The number of nitrogen functional groups attached to an aromatic ring is 1. The zero-order valence-corrected chi connectivity index (χ0v) is 18.3. The first-order chi connectivity index (χ1) is 14.6. The Morgan fingerprint density at radius 3 is 2.32 bits per heavy atom. The van der Waals surface area contributed by atoms with E-state index in [2.05, 4.69) is 4.98 Å². The van der Waals surface area contributed by atoms with Crippen LogP contribution in [0.25, 0.3) is 0 Å². The van der Waals surface area contributed by atoms with Crippen molar-refractivity contribution in [3.05, 3.63) is 56.7 Å². The van der Waals surface area contributed by atoms with Gasteiger partial charge in [0.25, 0.3) is 5.56 Å². The highest BCUT2D eigenvalue weighted by Gasteiger charge is 2.27. The summed E-state index contributed by atoms with van der Waals surface area (Å²) in [6, 6.07) is 9.18. The van der Waals surface area contributed by atoms with Crippen LogP contribution in [-0.4, -0.2) is 79.1 Å². The summed E-state index contributed by atoms with van der Waals surface area (Å²) in [6.07, 6.45) is 1.14. The van der Waals surface area contributed by atoms with Gasteiger partial charge in [0, 0.05) is 33.2 Å². The van der Waals surface area contributed by atoms with Gasteiger partial charge in [-0.3, -0.25) is 19.1 Å². The SMILES string of the molecule is CN(CC(=O)N1CCN(S(C)(=O)=O)CC1)c1c(N)n(Cc2ccccc2)c(=O)[nH]c1=O. The molecule has 2 heterocycles. The molecule has 0 radical (unpaired) electrons. The van der Waals surface area contributed by atoms with E-state index in [1.807, 2.05) is 30.3 Å². The Kier molecular flexibility index (Phi) is 6.51. The number of hydrogen-bond acceptors (Lipinski definition) is 7. The van der Waals surface area contributed by atoms with Gasteiger partial charge in [-0.1, -0.05) is 30.3 Å². The Balaban J connectivity index is 1.76. The average molecular weight is 451 g/mol. The maximum absolute atomic E-state index is 12.7. The van der Waals surface area contributed by atoms with Gasteiger partial charge in [-0.05, 0) is 5.56 Å². The fourth-order valence-corrected chi connectivity index (χ4v) is 4.35. The highest BCUT2D eigenvalue weighted by Crippen LogP contribution is 2.17. The maximum atomic E-state index is 12.7. The molecule has 0 spiro atoms. The fraction of sp³-hybridized carbons (Fsp3) is 0.421. The quantitative estimate of drug-likeness (QED) is 0.557. The minimum absolute atomic E-state index is 0.0265. The number of piperazine rings is 1. The van der Waals surface area contributed by atoms with E-state index in [1.165, 1.54) is 13.8 Å². The first-order valence-corrected chi connectivity index (χ1v) is 11.5. The Bertz CT molecular complexity index is 1170. The molecular formula is C19H26N6O5S. The number of nitrogens with two attached hydrogens (primary N) is 1. The molecule has 12 heteroatoms. The third-order valence-corrected chi connectivity index (χ3v) is 6.52. The Hall–Kier alpha value is -3.12. The maximum Gasteiger partial charge on any atom is 0.330 e. The van der Waals surface area contributed by atoms with Gasteiger partial charge in [0.2, 0.25) is 15.9 Å². The van der Waals surface area contributed by atoms with Crippen molar-refractivity contribution in [3.63, 3.8) is 0 Å². The summed E-state index contributed by atoms with van der Waals surface area (Å²) >= 11 is 0. The van der Waals surface area contributed by atoms with Crippen molar-refractivity contribution in [2.24, 2.45) is 0 Å². The predicted molar refractivity (Wildman–Crippen MR) is 118 cm³/mol. The number of sulfonamides is 1. The highest BCUT2D eigenvalue weighted by atomic mass is 32.2. The third kappa shape index (κ3) is 5.14. The van der Waals surface area contributed by atoms with Crippen molar-refractivity contribution in [1.29, 1.82) is 0 Å². The summed E-state index contributed by atoms with van der Waals surface area (Å²) in [5.74, 6) is -0.301. The molecule has 1 fully saturated rings. The fourth-order valence-electron chi connectivity index (χ4n) is 3.52. The van der Waals surface area contributed by atoms with Gasteiger partial charge < -0.3 is 15.5 Å². The standard InChI is InChI=1S/C19H26N6O5S/c1-22(13-15(26)23-8-10-24(11-9-23)31(2,29)30)16-17(20)25(19(28)21-18(16)27)12-14-6-4-3-5-7-14/h3-7H,8-13,20H2,1-2H3,(H,21,27,28). The first kappa shape index (κ1) is 22.6. The van der Waals surface area contributed by atoms with Crippen LogP contribution < -0.4 is 21.9 Å². The number of nitrogens with zero attached hydrogens (tertiary/aromatic N) is 4. The van der Waals surface area contributed by atoms with E-state index in [-0.39, 0.29) is 56.7 Å². The molecule has 0 unspecified atom stereocenters. The molecule has 0 bridgehead atoms. The van der Waals surface area contributed by atoms with Crippen LogP contribution in [0.1, 0.15) is 5.56 Å². The number of amides is 1. The Morgan fingerprint density at radius 2 is 1.74 bits per heavy atom. The van der Waals surface area contributed by atoms with Gasteiger partial charge in [0.05, 0.1) is 19.3 Å². The lowest BCUT2D eigenvalue weighted by Crippen LogP contribution is -2.52. The molecule has 1 amide bonds. The molecule has 3 rings (SSSR count). The molecule has 2 aromatic rings. The summed E-state index contributed by atoms with van der Waals surface area (Å²) in [5, 5.41) is 0. The lowest BCUT2D eigenvalue weighted by atomic mass is 10.2. The number of likely N-dealkylation sites (N-methyl/N-ethyl adjacent to an activating group) is 1. The van der Waals surface area contributed by atoms with Crippen LogP contribution >= 0.6 is 0 Å². The van der Waals surface area contributed by atoms with Gasteiger partial charge in [0.1, 0.15) is 11.5 Å². The van der Waals surface area contributed by atoms with Crippen molar-refractivity contribution in [3.8, 4) is 0 Å². The zero-order chi connectivity index (χ0) is 22.8. The number of H-pyrrole nitrogens is 1. The number of hydrogen-bond donors (Lipinski definition) is 2. The third-order valence-electron chi connectivity index (χ3n) is 5.21. The topological polar surface area (TPSA) is 142 Å². The lowest BCUT2D eigenvalue weighted by molar-refractivity contribution is -0.130. The number of carbonyl (C=O) groups is 1. The van der Waals surface area contributed by atoms with Crippen LogP contribution in [0.2, 0.25) is 0 Å². The molecule has 1 aromatic carbocycles. The van der Waals surface area contributed by atoms with Crippen molar-refractivity contribution >= 4 is 27.4 Å². The molecule has 0 saturated carbocycles. The highest BCUT2D eigenvalue weighted by molar-refractivity contribution is 7.88. The van der Waals surface area contributed by atoms with Gasteiger partial charge in [0.15, 0.2) is 0 Å². The van der Waals surface area contributed by atoms with Crippen molar-refractivity contribution in [2.45, 2.75) is 6.54 Å². The summed E-state index contributed by atoms with van der Waals surface area (Å²) in [7, 11) is -1.75. The number of carbonyl (C=O) groups excluding carboxylic acids is 1. The second kappa shape index (κ2) is 8.94. The van der Waals surface area contributed by atoms with E-state index >= 15 is 0 Å². The molecule has 1 aliphatic rings. The smallest absolute Gasteiger partial charge is 0.330 e. The second-order valence-electron chi connectivity index (χ2n) is 7.46. The number of aromatic amines is 1. The van der Waals surface area contributed by atoms with E-state index < -0.39 is 21.3 Å². The van der Waals surface area contributed by atoms with Gasteiger partial charge in [-0.2, -0.15) is 4.31 Å². The van der Waals surface area contributed by atoms with E-state index in [0.29, 0.717) is 0 Å². The van der Waals surface area contributed by atoms with E-state index in [0.717, 1.165) is 11.8 Å². The Morgan fingerprint density at radius 1 is 1.13 bits per heavy atom. The van der Waals surface area contributed by atoms with Crippen molar-refractivity contribution < 1.29 is 13.2 Å². The molecule has 0 aliphatic carbocycles. The summed E-state index contributed by atoms with van der Waals surface area (Å²) < 4.78 is 25.8. The summed E-state index contributed by atoms with van der Waals surface area (Å²) in [5.41, 5.74) is 5.70. The molecule has 1 saturated heterocycles. The molecule has 168 valence electrons. The molecule has 31 heavy (non-hydrogen) atoms. The first-order valence-electron chi connectivity index (χ1n) is 9.68. The molecule has 11 nitrogen and oxygen atoms in total. The van der Waals surface area contributed by atoms with Gasteiger partial charge in [-0.15, -0.1) is 0 Å². The van der Waals surface area contributed by atoms with Crippen molar-refractivity contribution in [2.75, 3.05) is 56.7 Å². The number of anilines is 2. The van der Waals surface area contributed by atoms with E-state index in [9.17, 15) is 22.8 Å². The lowest BCUT2D eigenvalue weighted by Gasteiger charge is -2.34. The number of rotatable bonds is 6. The predicted octanol–water partition coefficient (Wildman–Crippen LogP) is -1.29. The molecular weight excluding hydrogens is 424 g/mol. The van der Waals surface area contributed by atoms with Crippen LogP contribution in [0.15, 0.2) is 39.9 Å². The van der Waals surface area contributed by atoms with E-state index in [4.69, 9.17) is 5.73 Å². The van der Waals surface area contributed by atoms with Gasteiger partial charge in [-0.25, -0.2) is 13.2 Å². The van der Waals surface area contributed by atoms with E-state index in [1.54, 1.807) is 11.9 Å². The zero-order valence-electron chi connectivity index (χ0n) is 17.4. The summed E-state index contributed by atoms with van der Waals surface area (Å²) in [6.45, 7) is 0.996. The number of nitrogens with one attached hydrogen (secondary N) is 1. The number of aromatic nitrogens is 2. The summed E-state index contributed by atoms with van der Waals surface area (Å²) in [4.78, 5) is 42.6. The number of benzene rings is 1. The van der Waals surface area contributed by atoms with Crippen LogP contribution in [0.4, 0.5) is 11.5 Å².